The molecule has 0 saturated carbocycles. The fourth-order valence-electron chi connectivity index (χ4n) is 4.51. The Morgan fingerprint density at radius 3 is 2.46 bits per heavy atom. The molecule has 1 atom stereocenters. The largest absolute Gasteiger partial charge is 0.494 e. The van der Waals surface area contributed by atoms with E-state index in [-0.39, 0.29) is 12.4 Å². The normalized spacial score (nSPS) is 18.7. The Bertz CT molecular complexity index is 1100. The van der Waals surface area contributed by atoms with Gasteiger partial charge in [0.15, 0.2) is 0 Å². The highest BCUT2D eigenvalue weighted by Gasteiger charge is 2.36. The van der Waals surface area contributed by atoms with E-state index in [4.69, 9.17) is 9.47 Å². The van der Waals surface area contributed by atoms with E-state index in [9.17, 15) is 14.0 Å². The molecule has 2 aromatic carbocycles. The Kier molecular flexibility index (Phi) is 7.87. The lowest BCUT2D eigenvalue weighted by molar-refractivity contribution is -0.139. The molecule has 4 rings (SSSR count). The molecule has 9 heteroatoms. The molecule has 0 bridgehead atoms. The van der Waals surface area contributed by atoms with Crippen LogP contribution in [-0.4, -0.2) is 62.8 Å². The lowest BCUT2D eigenvalue weighted by Gasteiger charge is -2.38. The summed E-state index contributed by atoms with van der Waals surface area (Å²) in [5, 5.41) is 5.69. The first kappa shape index (κ1) is 24.5. The molecule has 1 fully saturated rings. The molecule has 1 saturated heterocycles. The highest BCUT2D eigenvalue weighted by molar-refractivity contribution is 5.95. The number of halogens is 1. The Balaban J connectivity index is 1.59. The number of piperazine rings is 1. The molecule has 2 aromatic rings. The van der Waals surface area contributed by atoms with Crippen molar-refractivity contribution in [2.24, 2.45) is 0 Å². The smallest absolute Gasteiger partial charge is 0.338 e. The van der Waals surface area contributed by atoms with Gasteiger partial charge in [0.05, 0.1) is 30.5 Å². The third-order valence-electron chi connectivity index (χ3n) is 6.13. The number of para-hydroxylation sites is 2. The molecule has 0 spiro atoms. The van der Waals surface area contributed by atoms with Crippen LogP contribution in [0.5, 0.6) is 5.75 Å². The van der Waals surface area contributed by atoms with Crippen molar-refractivity contribution < 1.29 is 23.5 Å². The van der Waals surface area contributed by atoms with Gasteiger partial charge < -0.3 is 25.0 Å². The first-order valence-electron chi connectivity index (χ1n) is 11.9. The molecule has 0 aliphatic carbocycles. The van der Waals surface area contributed by atoms with Gasteiger partial charge in [0.2, 0.25) is 0 Å². The van der Waals surface area contributed by atoms with Crippen molar-refractivity contribution >= 4 is 17.7 Å². The number of nitrogens with one attached hydrogen (secondary N) is 2. The topological polar surface area (TPSA) is 83.1 Å². The second kappa shape index (κ2) is 11.2. The van der Waals surface area contributed by atoms with E-state index < -0.39 is 18.0 Å². The lowest BCUT2D eigenvalue weighted by atomic mass is 9.94. The number of ether oxygens (including phenoxy) is 2. The summed E-state index contributed by atoms with van der Waals surface area (Å²) in [7, 11) is 0. The van der Waals surface area contributed by atoms with Crippen LogP contribution in [0.1, 0.15) is 25.5 Å². The van der Waals surface area contributed by atoms with Crippen molar-refractivity contribution in [1.82, 2.24) is 15.5 Å². The van der Waals surface area contributed by atoms with Crippen molar-refractivity contribution in [3.63, 3.8) is 0 Å². The maximum Gasteiger partial charge on any atom is 0.338 e. The Morgan fingerprint density at radius 2 is 1.74 bits per heavy atom. The van der Waals surface area contributed by atoms with Crippen LogP contribution in [0.4, 0.5) is 14.9 Å². The minimum Gasteiger partial charge on any atom is -0.494 e. The van der Waals surface area contributed by atoms with Gasteiger partial charge >= 0.3 is 12.0 Å². The molecule has 35 heavy (non-hydrogen) atoms. The summed E-state index contributed by atoms with van der Waals surface area (Å²) < 4.78 is 25.4. The second-order valence-corrected chi connectivity index (χ2v) is 8.33. The number of urea groups is 1. The van der Waals surface area contributed by atoms with Gasteiger partial charge in [0.1, 0.15) is 11.6 Å². The van der Waals surface area contributed by atoms with Crippen LogP contribution >= 0.6 is 0 Å². The molecule has 2 aliphatic rings. The zero-order valence-corrected chi connectivity index (χ0v) is 20.1. The van der Waals surface area contributed by atoms with Crippen LogP contribution in [0.3, 0.4) is 0 Å². The van der Waals surface area contributed by atoms with Crippen LogP contribution in [0.15, 0.2) is 59.8 Å². The molecule has 0 aromatic heterocycles. The van der Waals surface area contributed by atoms with Gasteiger partial charge in [-0.3, -0.25) is 4.90 Å². The number of carbonyl (C=O) groups excluding carboxylic acids is 2. The number of rotatable bonds is 8. The highest BCUT2D eigenvalue weighted by Crippen LogP contribution is 2.34. The Labute approximate surface area is 204 Å². The van der Waals surface area contributed by atoms with Crippen molar-refractivity contribution in [1.29, 1.82) is 0 Å². The molecule has 186 valence electrons. The van der Waals surface area contributed by atoms with Gasteiger partial charge in [0, 0.05) is 44.0 Å². The Hall–Kier alpha value is -3.59. The minimum atomic E-state index is -0.708. The summed E-state index contributed by atoms with van der Waals surface area (Å²) in [6, 6.07) is 13.0. The molecule has 0 radical (unpaired) electrons. The van der Waals surface area contributed by atoms with Crippen LogP contribution in [0.25, 0.3) is 0 Å². The fourth-order valence-corrected chi connectivity index (χ4v) is 4.51. The molecule has 2 N–H and O–H groups in total. The van der Waals surface area contributed by atoms with E-state index in [1.54, 1.807) is 19.1 Å². The molecule has 2 amide bonds. The summed E-state index contributed by atoms with van der Waals surface area (Å²) in [6.07, 6.45) is 0. The average molecular weight is 483 g/mol. The standard InChI is InChI=1S/C26H31FN4O4/c1-3-34-22-12-8-5-9-18(22)24-23(25(32)35-4-2)20(28-26(33)29-24)17-30-13-15-31(16-14-30)21-11-7-6-10-19(21)27/h5-12,24H,3-4,13-17H2,1-2H3,(H2,28,29,33)/t24-/m0/s1. The molecule has 8 nitrogen and oxygen atoms in total. The number of carbonyl (C=O) groups is 2. The molecular formula is C26H31FN4O4. The molecule has 2 heterocycles. The predicted molar refractivity (Wildman–Crippen MR) is 131 cm³/mol. The second-order valence-electron chi connectivity index (χ2n) is 8.33. The zero-order chi connectivity index (χ0) is 24.8. The average Bonchev–Trinajstić information content (AvgIpc) is 2.85. The van der Waals surface area contributed by atoms with Crippen LogP contribution in [0, 0.1) is 5.82 Å². The summed E-state index contributed by atoms with van der Waals surface area (Å²) in [4.78, 5) is 29.9. The van der Waals surface area contributed by atoms with E-state index in [0.29, 0.717) is 67.6 Å². The molecule has 0 unspecified atom stereocenters. The number of hydrogen-bond acceptors (Lipinski definition) is 6. The van der Waals surface area contributed by atoms with E-state index in [1.807, 2.05) is 42.2 Å². The van der Waals surface area contributed by atoms with Gasteiger partial charge in [-0.15, -0.1) is 0 Å². The summed E-state index contributed by atoms with van der Waals surface area (Å²) >= 11 is 0. The van der Waals surface area contributed by atoms with Crippen molar-refractivity contribution in [3.05, 3.63) is 71.2 Å². The monoisotopic (exact) mass is 482 g/mol. The summed E-state index contributed by atoms with van der Waals surface area (Å²) in [5.41, 5.74) is 2.13. The van der Waals surface area contributed by atoms with E-state index in [1.165, 1.54) is 6.07 Å². The van der Waals surface area contributed by atoms with Gasteiger partial charge in [0.25, 0.3) is 0 Å². The summed E-state index contributed by atoms with van der Waals surface area (Å²) in [5.74, 6) is -0.132. The lowest BCUT2D eigenvalue weighted by Crippen LogP contribution is -2.52. The van der Waals surface area contributed by atoms with Crippen LogP contribution < -0.4 is 20.3 Å². The quantitative estimate of drug-likeness (QED) is 0.563. The maximum atomic E-state index is 14.2. The third kappa shape index (κ3) is 5.57. The summed E-state index contributed by atoms with van der Waals surface area (Å²) in [6.45, 7) is 7.22. The SMILES string of the molecule is CCOC(=O)C1=C(CN2CCN(c3ccccc3F)CC2)NC(=O)N[C@H]1c1ccccc1OCC. The highest BCUT2D eigenvalue weighted by atomic mass is 19.1. The van der Waals surface area contributed by atoms with Gasteiger partial charge in [-0.1, -0.05) is 30.3 Å². The van der Waals surface area contributed by atoms with Crippen LogP contribution in [0.2, 0.25) is 0 Å². The van der Waals surface area contributed by atoms with Gasteiger partial charge in [-0.05, 0) is 32.0 Å². The first-order valence-corrected chi connectivity index (χ1v) is 11.9. The maximum absolute atomic E-state index is 14.2. The number of benzene rings is 2. The van der Waals surface area contributed by atoms with E-state index >= 15 is 0 Å². The zero-order valence-electron chi connectivity index (χ0n) is 20.1. The van der Waals surface area contributed by atoms with Crippen molar-refractivity contribution in [3.8, 4) is 5.75 Å². The number of nitrogens with zero attached hydrogens (tertiary/aromatic N) is 2. The van der Waals surface area contributed by atoms with E-state index in [2.05, 4.69) is 15.5 Å². The van der Waals surface area contributed by atoms with Crippen molar-refractivity contribution in [2.45, 2.75) is 19.9 Å². The Morgan fingerprint density at radius 1 is 1.03 bits per heavy atom. The molecular weight excluding hydrogens is 451 g/mol. The number of anilines is 1. The third-order valence-corrected chi connectivity index (χ3v) is 6.13. The van der Waals surface area contributed by atoms with E-state index in [0.717, 1.165) is 0 Å². The van der Waals surface area contributed by atoms with Gasteiger partial charge in [-0.25, -0.2) is 14.0 Å². The predicted octanol–water partition coefficient (Wildman–Crippen LogP) is 3.22. The number of amides is 2. The van der Waals surface area contributed by atoms with Crippen LogP contribution in [-0.2, 0) is 9.53 Å². The molecule has 2 aliphatic heterocycles. The minimum absolute atomic E-state index is 0.213. The first-order chi connectivity index (χ1) is 17.0. The fraction of sp³-hybridized carbons (Fsp3) is 0.385. The number of hydrogen-bond donors (Lipinski definition) is 2. The van der Waals surface area contributed by atoms with Crippen molar-refractivity contribution in [2.75, 3.05) is 50.8 Å². The van der Waals surface area contributed by atoms with Gasteiger partial charge in [-0.2, -0.15) is 0 Å². The number of esters is 1.